The van der Waals surface area contributed by atoms with E-state index >= 15 is 0 Å². The molecule has 0 saturated carbocycles. The molecule has 3 nitrogen and oxygen atoms in total. The van der Waals surface area contributed by atoms with Crippen LogP contribution in [0, 0.1) is 17.5 Å². The van der Waals surface area contributed by atoms with Crippen molar-refractivity contribution in [1.29, 1.82) is 0 Å². The Balaban J connectivity index is 2.23. The number of hydrogen-bond acceptors (Lipinski definition) is 2. The van der Waals surface area contributed by atoms with E-state index in [4.69, 9.17) is 5.73 Å². The van der Waals surface area contributed by atoms with E-state index in [1.807, 2.05) is 0 Å². The Bertz CT molecular complexity index is 649. The van der Waals surface area contributed by atoms with Gasteiger partial charge in [-0.05, 0) is 25.7 Å². The molecule has 1 aliphatic rings. The molecule has 0 unspecified atom stereocenters. The average molecular weight is 267 g/mol. The van der Waals surface area contributed by atoms with Gasteiger partial charge in [-0.3, -0.25) is 0 Å². The highest BCUT2D eigenvalue weighted by atomic mass is 19.2. The largest absolute Gasteiger partial charge is 0.382 e. The van der Waals surface area contributed by atoms with E-state index in [1.165, 1.54) is 4.68 Å². The summed E-state index contributed by atoms with van der Waals surface area (Å²) in [5, 5.41) is 4.03. The zero-order valence-corrected chi connectivity index (χ0v) is 10.1. The number of fused-ring (bicyclic) bond motifs is 1. The smallest absolute Gasteiger partial charge is 0.184 e. The topological polar surface area (TPSA) is 43.8 Å². The lowest BCUT2D eigenvalue weighted by Gasteiger charge is -2.14. The van der Waals surface area contributed by atoms with Crippen molar-refractivity contribution in [3.05, 3.63) is 40.8 Å². The van der Waals surface area contributed by atoms with E-state index in [9.17, 15) is 13.2 Å². The number of halogens is 3. The maximum atomic E-state index is 13.8. The molecule has 0 atom stereocenters. The van der Waals surface area contributed by atoms with Gasteiger partial charge in [0.05, 0.1) is 0 Å². The lowest BCUT2D eigenvalue weighted by atomic mass is 9.97. The Morgan fingerprint density at radius 3 is 2.63 bits per heavy atom. The van der Waals surface area contributed by atoms with Gasteiger partial charge >= 0.3 is 0 Å². The van der Waals surface area contributed by atoms with Crippen LogP contribution in [0.5, 0.6) is 0 Å². The van der Waals surface area contributed by atoms with Crippen LogP contribution in [0.3, 0.4) is 0 Å². The molecule has 6 heteroatoms. The number of nitrogens with zero attached hydrogens (tertiary/aromatic N) is 2. The molecule has 1 aromatic carbocycles. The molecule has 19 heavy (non-hydrogen) atoms. The Kier molecular flexibility index (Phi) is 2.73. The van der Waals surface area contributed by atoms with Gasteiger partial charge in [-0.15, -0.1) is 0 Å². The second kappa shape index (κ2) is 4.29. The molecule has 0 bridgehead atoms. The van der Waals surface area contributed by atoms with Gasteiger partial charge in [0, 0.05) is 23.4 Å². The zero-order valence-electron chi connectivity index (χ0n) is 10.1. The van der Waals surface area contributed by atoms with Crippen LogP contribution in [-0.4, -0.2) is 9.78 Å². The van der Waals surface area contributed by atoms with E-state index < -0.39 is 17.5 Å². The van der Waals surface area contributed by atoms with E-state index in [2.05, 4.69) is 5.10 Å². The summed E-state index contributed by atoms with van der Waals surface area (Å²) in [4.78, 5) is 0. The summed E-state index contributed by atoms with van der Waals surface area (Å²) in [6.45, 7) is 0. The van der Waals surface area contributed by atoms with Gasteiger partial charge in [-0.1, -0.05) is 0 Å². The van der Waals surface area contributed by atoms with Crippen molar-refractivity contribution in [3.63, 3.8) is 0 Å². The first-order valence-corrected chi connectivity index (χ1v) is 6.09. The minimum atomic E-state index is -1.23. The second-order valence-electron chi connectivity index (χ2n) is 4.65. The molecule has 3 rings (SSSR count). The third-order valence-electron chi connectivity index (χ3n) is 3.41. The molecule has 2 aromatic rings. The first kappa shape index (κ1) is 12.1. The lowest BCUT2D eigenvalue weighted by molar-refractivity contribution is 0.485. The van der Waals surface area contributed by atoms with Crippen LogP contribution in [0.4, 0.5) is 19.0 Å². The maximum absolute atomic E-state index is 13.8. The highest BCUT2D eigenvalue weighted by molar-refractivity contribution is 5.48. The first-order valence-electron chi connectivity index (χ1n) is 6.09. The maximum Gasteiger partial charge on any atom is 0.184 e. The Morgan fingerprint density at radius 2 is 1.84 bits per heavy atom. The second-order valence-corrected chi connectivity index (χ2v) is 4.65. The highest BCUT2D eigenvalue weighted by Crippen LogP contribution is 2.29. The fraction of sp³-hybridized carbons (Fsp3) is 0.308. The van der Waals surface area contributed by atoms with E-state index in [-0.39, 0.29) is 5.69 Å². The number of hydrogen-bond donors (Lipinski definition) is 1. The SMILES string of the molecule is Nc1nn(-c2cc(F)cc(F)c2F)c2c1CCCC2. The van der Waals surface area contributed by atoms with Gasteiger partial charge < -0.3 is 5.73 Å². The summed E-state index contributed by atoms with van der Waals surface area (Å²) >= 11 is 0. The molecule has 1 aliphatic carbocycles. The molecular formula is C13H12F3N3. The minimum absolute atomic E-state index is 0.229. The number of rotatable bonds is 1. The minimum Gasteiger partial charge on any atom is -0.382 e. The molecule has 0 aliphatic heterocycles. The van der Waals surface area contributed by atoms with Crippen molar-refractivity contribution in [1.82, 2.24) is 9.78 Å². The van der Waals surface area contributed by atoms with Crippen LogP contribution in [0.2, 0.25) is 0 Å². The third kappa shape index (κ3) is 1.87. The zero-order chi connectivity index (χ0) is 13.6. The fourth-order valence-corrected chi connectivity index (χ4v) is 2.52. The first-order chi connectivity index (χ1) is 9.08. The van der Waals surface area contributed by atoms with Crippen LogP contribution in [0.15, 0.2) is 12.1 Å². The summed E-state index contributed by atoms with van der Waals surface area (Å²) in [6.07, 6.45) is 3.36. The van der Waals surface area contributed by atoms with E-state index in [1.54, 1.807) is 0 Å². The van der Waals surface area contributed by atoms with Gasteiger partial charge in [-0.25, -0.2) is 17.9 Å². The van der Waals surface area contributed by atoms with E-state index in [0.717, 1.165) is 36.6 Å². The Labute approximate surface area is 107 Å². The standard InChI is InChI=1S/C13H12F3N3/c14-7-5-9(15)12(16)11(6-7)19-10-4-2-1-3-8(10)13(17)18-19/h5-6H,1-4H2,(H2,17,18). The van der Waals surface area contributed by atoms with Crippen LogP contribution < -0.4 is 5.73 Å². The number of nitrogen functional groups attached to an aromatic ring is 1. The molecule has 0 fully saturated rings. The molecule has 0 radical (unpaired) electrons. The molecule has 1 aromatic heterocycles. The van der Waals surface area contributed by atoms with Gasteiger partial charge in [0.25, 0.3) is 0 Å². The van der Waals surface area contributed by atoms with Crippen molar-refractivity contribution < 1.29 is 13.2 Å². The monoisotopic (exact) mass is 267 g/mol. The molecule has 1 heterocycles. The molecular weight excluding hydrogens is 255 g/mol. The Hall–Kier alpha value is -1.98. The van der Waals surface area contributed by atoms with Crippen LogP contribution in [0.25, 0.3) is 5.69 Å². The summed E-state index contributed by atoms with van der Waals surface area (Å²) in [7, 11) is 0. The average Bonchev–Trinajstić information content (AvgIpc) is 2.72. The van der Waals surface area contributed by atoms with Crippen molar-refractivity contribution in [2.24, 2.45) is 0 Å². The molecule has 100 valence electrons. The number of nitrogens with two attached hydrogens (primary N) is 1. The van der Waals surface area contributed by atoms with Crippen LogP contribution >= 0.6 is 0 Å². The molecule has 0 saturated heterocycles. The van der Waals surface area contributed by atoms with E-state index in [0.29, 0.717) is 18.3 Å². The van der Waals surface area contributed by atoms with Crippen molar-refractivity contribution >= 4 is 5.82 Å². The predicted octanol–water partition coefficient (Wildman–Crippen LogP) is 2.75. The molecule has 2 N–H and O–H groups in total. The molecule has 0 spiro atoms. The van der Waals surface area contributed by atoms with Crippen molar-refractivity contribution in [2.45, 2.75) is 25.7 Å². The predicted molar refractivity (Wildman–Crippen MR) is 64.5 cm³/mol. The fourth-order valence-electron chi connectivity index (χ4n) is 2.52. The van der Waals surface area contributed by atoms with Gasteiger partial charge in [0.1, 0.15) is 17.3 Å². The van der Waals surface area contributed by atoms with Crippen molar-refractivity contribution in [2.75, 3.05) is 5.73 Å². The van der Waals surface area contributed by atoms with Crippen molar-refractivity contribution in [3.8, 4) is 5.69 Å². The highest BCUT2D eigenvalue weighted by Gasteiger charge is 2.23. The quantitative estimate of drug-likeness (QED) is 0.807. The normalized spacial score (nSPS) is 14.5. The molecule has 0 amide bonds. The number of aromatic nitrogens is 2. The number of anilines is 1. The lowest BCUT2D eigenvalue weighted by Crippen LogP contribution is -2.10. The summed E-state index contributed by atoms with van der Waals surface area (Å²) in [6, 6.07) is 1.44. The summed E-state index contributed by atoms with van der Waals surface area (Å²) in [5.41, 5.74) is 7.15. The third-order valence-corrected chi connectivity index (χ3v) is 3.41. The van der Waals surface area contributed by atoms with Crippen LogP contribution in [0.1, 0.15) is 24.1 Å². The van der Waals surface area contributed by atoms with Gasteiger partial charge in [0.15, 0.2) is 11.6 Å². The van der Waals surface area contributed by atoms with Gasteiger partial charge in [0.2, 0.25) is 0 Å². The van der Waals surface area contributed by atoms with Gasteiger partial charge in [-0.2, -0.15) is 5.10 Å². The summed E-state index contributed by atoms with van der Waals surface area (Å²) in [5.74, 6) is -2.88. The van der Waals surface area contributed by atoms with Crippen LogP contribution in [-0.2, 0) is 12.8 Å². The Morgan fingerprint density at radius 1 is 1.11 bits per heavy atom. The summed E-state index contributed by atoms with van der Waals surface area (Å²) < 4.78 is 41.6. The number of benzene rings is 1.